The molecule has 2 rings (SSSR count). The highest BCUT2D eigenvalue weighted by atomic mass is 16.4. The van der Waals surface area contributed by atoms with E-state index in [1.165, 1.54) is 0 Å². The molecule has 0 aliphatic carbocycles. The summed E-state index contributed by atoms with van der Waals surface area (Å²) in [7, 11) is 0. The van der Waals surface area contributed by atoms with E-state index in [1.54, 1.807) is 12.1 Å². The number of carbonyl (C=O) groups is 1. The molecule has 20 heavy (non-hydrogen) atoms. The van der Waals surface area contributed by atoms with Gasteiger partial charge in [0.2, 0.25) is 5.91 Å². The Kier molecular flexibility index (Phi) is 4.61. The van der Waals surface area contributed by atoms with Crippen LogP contribution >= 0.6 is 0 Å². The second-order valence-corrected chi connectivity index (χ2v) is 5.42. The molecule has 1 aromatic carbocycles. The molecule has 0 atom stereocenters. The number of rotatable bonds is 3. The van der Waals surface area contributed by atoms with Gasteiger partial charge in [0.25, 0.3) is 0 Å². The van der Waals surface area contributed by atoms with Crippen LogP contribution in [0.1, 0.15) is 30.9 Å². The minimum absolute atomic E-state index is 0.0768. The Hall–Kier alpha value is -2.04. The van der Waals surface area contributed by atoms with E-state index in [4.69, 9.17) is 10.9 Å². The van der Waals surface area contributed by atoms with Crippen LogP contribution in [0, 0.1) is 5.92 Å². The first-order valence-electron chi connectivity index (χ1n) is 6.94. The smallest absolute Gasteiger partial charge is 0.226 e. The summed E-state index contributed by atoms with van der Waals surface area (Å²) in [4.78, 5) is 14.1. The van der Waals surface area contributed by atoms with Crippen LogP contribution in [-0.4, -0.2) is 34.9 Å². The van der Waals surface area contributed by atoms with Crippen LogP contribution in [0.4, 0.5) is 0 Å². The average molecular weight is 275 g/mol. The standard InChI is InChI=1S/C15H21N3O2/c1-11-6-8-18(9-7-11)14(19)10-12-2-4-13(5-3-12)15(16)17-20/h2-5,11,20H,6-10H2,1H3,(H2,16,17). The molecule has 0 radical (unpaired) electrons. The monoisotopic (exact) mass is 275 g/mol. The van der Waals surface area contributed by atoms with Gasteiger partial charge in [-0.1, -0.05) is 36.3 Å². The fourth-order valence-electron chi connectivity index (χ4n) is 2.40. The van der Waals surface area contributed by atoms with Gasteiger partial charge in [0, 0.05) is 18.7 Å². The van der Waals surface area contributed by atoms with Crippen molar-refractivity contribution in [3.8, 4) is 0 Å². The number of nitrogens with two attached hydrogens (primary N) is 1. The van der Waals surface area contributed by atoms with E-state index in [0.29, 0.717) is 12.0 Å². The molecule has 3 N–H and O–H groups in total. The van der Waals surface area contributed by atoms with Gasteiger partial charge in [-0.2, -0.15) is 0 Å². The highest BCUT2D eigenvalue weighted by Crippen LogP contribution is 2.17. The van der Waals surface area contributed by atoms with Crippen molar-refractivity contribution in [1.82, 2.24) is 4.90 Å². The molecule has 1 aliphatic heterocycles. The number of piperidine rings is 1. The van der Waals surface area contributed by atoms with E-state index >= 15 is 0 Å². The van der Waals surface area contributed by atoms with Gasteiger partial charge in [-0.15, -0.1) is 0 Å². The van der Waals surface area contributed by atoms with Crippen molar-refractivity contribution in [2.24, 2.45) is 16.8 Å². The number of benzene rings is 1. The van der Waals surface area contributed by atoms with Crippen molar-refractivity contribution in [2.45, 2.75) is 26.2 Å². The number of oxime groups is 1. The summed E-state index contributed by atoms with van der Waals surface area (Å²) in [6, 6.07) is 7.21. The number of amides is 1. The molecule has 1 heterocycles. The maximum absolute atomic E-state index is 12.2. The van der Waals surface area contributed by atoms with Crippen molar-refractivity contribution in [3.05, 3.63) is 35.4 Å². The molecule has 0 bridgehead atoms. The summed E-state index contributed by atoms with van der Waals surface area (Å²) in [6.07, 6.45) is 2.59. The third-order valence-corrected chi connectivity index (χ3v) is 3.85. The Bertz CT molecular complexity index is 488. The largest absolute Gasteiger partial charge is 0.409 e. The minimum Gasteiger partial charge on any atom is -0.409 e. The van der Waals surface area contributed by atoms with Gasteiger partial charge in [-0.05, 0) is 24.3 Å². The van der Waals surface area contributed by atoms with Crippen molar-refractivity contribution < 1.29 is 10.0 Å². The van der Waals surface area contributed by atoms with Gasteiger partial charge < -0.3 is 15.8 Å². The molecule has 1 saturated heterocycles. The Morgan fingerprint density at radius 2 is 1.95 bits per heavy atom. The first kappa shape index (κ1) is 14.4. The first-order valence-corrected chi connectivity index (χ1v) is 6.94. The Labute approximate surface area is 119 Å². The van der Waals surface area contributed by atoms with Crippen LogP contribution in [0.15, 0.2) is 29.4 Å². The highest BCUT2D eigenvalue weighted by Gasteiger charge is 2.20. The first-order chi connectivity index (χ1) is 9.60. The predicted octanol–water partition coefficient (Wildman–Crippen LogP) is 1.58. The summed E-state index contributed by atoms with van der Waals surface area (Å²) in [5.74, 6) is 0.973. The molecule has 0 aromatic heterocycles. The molecule has 5 heteroatoms. The minimum atomic E-state index is 0.0768. The van der Waals surface area contributed by atoms with Crippen LogP contribution < -0.4 is 5.73 Å². The molecule has 5 nitrogen and oxygen atoms in total. The Balaban J connectivity index is 1.94. The molecular formula is C15H21N3O2. The summed E-state index contributed by atoms with van der Waals surface area (Å²) < 4.78 is 0. The van der Waals surface area contributed by atoms with Gasteiger partial charge in [-0.25, -0.2) is 0 Å². The second kappa shape index (κ2) is 6.41. The van der Waals surface area contributed by atoms with Crippen LogP contribution in [-0.2, 0) is 11.2 Å². The molecule has 1 aliphatic rings. The molecule has 1 aromatic rings. The Morgan fingerprint density at radius 3 is 2.50 bits per heavy atom. The molecule has 0 unspecified atom stereocenters. The summed E-state index contributed by atoms with van der Waals surface area (Å²) in [6.45, 7) is 3.96. The lowest BCUT2D eigenvalue weighted by atomic mass is 9.98. The van der Waals surface area contributed by atoms with Crippen LogP contribution in [0.3, 0.4) is 0 Å². The SMILES string of the molecule is CC1CCN(C(=O)Cc2ccc(C(N)=NO)cc2)CC1. The van der Waals surface area contributed by atoms with Crippen molar-refractivity contribution in [1.29, 1.82) is 0 Å². The summed E-state index contributed by atoms with van der Waals surface area (Å²) >= 11 is 0. The number of hydrogen-bond donors (Lipinski definition) is 2. The summed E-state index contributed by atoms with van der Waals surface area (Å²) in [5.41, 5.74) is 7.10. The quantitative estimate of drug-likeness (QED) is 0.380. The lowest BCUT2D eigenvalue weighted by Gasteiger charge is -2.30. The van der Waals surface area contributed by atoms with Gasteiger partial charge in [0.15, 0.2) is 5.84 Å². The van der Waals surface area contributed by atoms with Gasteiger partial charge in [-0.3, -0.25) is 4.79 Å². The molecule has 0 spiro atoms. The number of carbonyl (C=O) groups excluding carboxylic acids is 1. The maximum Gasteiger partial charge on any atom is 0.226 e. The fraction of sp³-hybridized carbons (Fsp3) is 0.467. The third kappa shape index (κ3) is 3.50. The van der Waals surface area contributed by atoms with Crippen LogP contribution in [0.2, 0.25) is 0 Å². The number of amidine groups is 1. The topological polar surface area (TPSA) is 78.9 Å². The van der Waals surface area contributed by atoms with Gasteiger partial charge in [0.1, 0.15) is 0 Å². The van der Waals surface area contributed by atoms with Gasteiger partial charge >= 0.3 is 0 Å². The lowest BCUT2D eigenvalue weighted by molar-refractivity contribution is -0.131. The molecule has 108 valence electrons. The van der Waals surface area contributed by atoms with Crippen molar-refractivity contribution >= 4 is 11.7 Å². The van der Waals surface area contributed by atoms with E-state index < -0.39 is 0 Å². The zero-order chi connectivity index (χ0) is 14.5. The number of nitrogens with zero attached hydrogens (tertiary/aromatic N) is 2. The number of hydrogen-bond acceptors (Lipinski definition) is 3. The second-order valence-electron chi connectivity index (χ2n) is 5.42. The number of likely N-dealkylation sites (tertiary alicyclic amines) is 1. The zero-order valence-corrected chi connectivity index (χ0v) is 11.7. The van der Waals surface area contributed by atoms with Crippen LogP contribution in [0.25, 0.3) is 0 Å². The van der Waals surface area contributed by atoms with Crippen molar-refractivity contribution in [2.75, 3.05) is 13.1 Å². The fourth-order valence-corrected chi connectivity index (χ4v) is 2.40. The van der Waals surface area contributed by atoms with E-state index in [1.807, 2.05) is 17.0 Å². The van der Waals surface area contributed by atoms with Gasteiger partial charge in [0.05, 0.1) is 6.42 Å². The predicted molar refractivity (Wildman–Crippen MR) is 77.6 cm³/mol. The third-order valence-electron chi connectivity index (χ3n) is 3.85. The summed E-state index contributed by atoms with van der Waals surface area (Å²) in [5, 5.41) is 11.5. The normalized spacial score (nSPS) is 17.2. The van der Waals surface area contributed by atoms with E-state index in [-0.39, 0.29) is 11.7 Å². The average Bonchev–Trinajstić information content (AvgIpc) is 2.48. The highest BCUT2D eigenvalue weighted by molar-refractivity contribution is 5.97. The van der Waals surface area contributed by atoms with Crippen LogP contribution in [0.5, 0.6) is 0 Å². The molecule has 1 amide bonds. The lowest BCUT2D eigenvalue weighted by Crippen LogP contribution is -2.38. The van der Waals surface area contributed by atoms with Crippen molar-refractivity contribution in [3.63, 3.8) is 0 Å². The Morgan fingerprint density at radius 1 is 1.35 bits per heavy atom. The zero-order valence-electron chi connectivity index (χ0n) is 11.7. The van der Waals surface area contributed by atoms with E-state index in [0.717, 1.165) is 37.4 Å². The molecule has 0 saturated carbocycles. The van der Waals surface area contributed by atoms with E-state index in [2.05, 4.69) is 12.1 Å². The van der Waals surface area contributed by atoms with E-state index in [9.17, 15) is 4.79 Å². The molecular weight excluding hydrogens is 254 g/mol. The molecule has 1 fully saturated rings. The maximum atomic E-state index is 12.2.